The number of esters is 1. The zero-order valence-electron chi connectivity index (χ0n) is 12.9. The van der Waals surface area contributed by atoms with Crippen LogP contribution in [0, 0.1) is 27.9 Å². The Balaban J connectivity index is 1.57. The lowest BCUT2D eigenvalue weighted by Crippen LogP contribution is -2.26. The van der Waals surface area contributed by atoms with Crippen LogP contribution in [0.2, 0.25) is 0 Å². The molecular weight excluding hydrogens is 460 g/mol. The SMILES string of the molecule is O=C(COC(=O)[C@@H]1C[C@H]2C=C[C@H]1C2)Nc1c(Br)cc([N+](=O)[O-])cc1Br. The van der Waals surface area contributed by atoms with Crippen molar-refractivity contribution in [2.45, 2.75) is 12.8 Å². The molecular formula is C16H14Br2N2O5. The van der Waals surface area contributed by atoms with Crippen LogP contribution in [0.25, 0.3) is 0 Å². The van der Waals surface area contributed by atoms with Crippen LogP contribution in [0.15, 0.2) is 33.2 Å². The first-order valence-electron chi connectivity index (χ1n) is 7.63. The minimum absolute atomic E-state index is 0.118. The van der Waals surface area contributed by atoms with E-state index in [0.717, 1.165) is 12.8 Å². The van der Waals surface area contributed by atoms with Gasteiger partial charge < -0.3 is 10.1 Å². The molecule has 1 saturated carbocycles. The molecule has 0 heterocycles. The number of nitrogens with zero attached hydrogens (tertiary/aromatic N) is 1. The Morgan fingerprint density at radius 3 is 2.44 bits per heavy atom. The monoisotopic (exact) mass is 472 g/mol. The van der Waals surface area contributed by atoms with E-state index < -0.39 is 17.4 Å². The summed E-state index contributed by atoms with van der Waals surface area (Å²) in [6.45, 7) is -0.397. The summed E-state index contributed by atoms with van der Waals surface area (Å²) in [5, 5.41) is 13.4. The minimum atomic E-state index is -0.535. The number of nitrogens with one attached hydrogen (secondary N) is 1. The van der Waals surface area contributed by atoms with Gasteiger partial charge in [0.25, 0.3) is 11.6 Å². The highest BCUT2D eigenvalue weighted by Gasteiger charge is 2.40. The Morgan fingerprint density at radius 2 is 1.92 bits per heavy atom. The minimum Gasteiger partial charge on any atom is -0.455 e. The van der Waals surface area contributed by atoms with E-state index in [4.69, 9.17) is 4.74 Å². The Kier molecular flexibility index (Phi) is 5.24. The zero-order chi connectivity index (χ0) is 18.1. The average Bonchev–Trinajstić information content (AvgIpc) is 3.18. The van der Waals surface area contributed by atoms with Gasteiger partial charge in [-0.2, -0.15) is 0 Å². The van der Waals surface area contributed by atoms with E-state index in [1.807, 2.05) is 6.08 Å². The first-order valence-corrected chi connectivity index (χ1v) is 9.22. The van der Waals surface area contributed by atoms with Crippen molar-refractivity contribution >= 4 is 55.1 Å². The maximum atomic E-state index is 12.1. The van der Waals surface area contributed by atoms with Gasteiger partial charge in [0.1, 0.15) is 0 Å². The number of carbonyl (C=O) groups excluding carboxylic acids is 2. The fraction of sp³-hybridized carbons (Fsp3) is 0.375. The van der Waals surface area contributed by atoms with Gasteiger partial charge in [-0.1, -0.05) is 12.2 Å². The Bertz CT molecular complexity index is 757. The predicted octanol–water partition coefficient (Wildman–Crippen LogP) is 3.81. The molecule has 132 valence electrons. The summed E-state index contributed by atoms with van der Waals surface area (Å²) in [4.78, 5) is 34.4. The fourth-order valence-electron chi connectivity index (χ4n) is 3.26. The molecule has 1 amide bonds. The molecule has 7 nitrogen and oxygen atoms in total. The van der Waals surface area contributed by atoms with Crippen molar-refractivity contribution in [1.29, 1.82) is 0 Å². The highest BCUT2D eigenvalue weighted by molar-refractivity contribution is 9.11. The summed E-state index contributed by atoms with van der Waals surface area (Å²) in [6.07, 6.45) is 5.94. The maximum absolute atomic E-state index is 12.1. The largest absolute Gasteiger partial charge is 0.455 e. The van der Waals surface area contributed by atoms with Gasteiger partial charge in [0, 0.05) is 21.1 Å². The number of ether oxygens (including phenoxy) is 1. The Hall–Kier alpha value is -1.74. The van der Waals surface area contributed by atoms with Crippen LogP contribution in [0.5, 0.6) is 0 Å². The van der Waals surface area contributed by atoms with Crippen LogP contribution in [0.1, 0.15) is 12.8 Å². The molecule has 3 atom stereocenters. The second-order valence-corrected chi connectivity index (χ2v) is 7.79. The summed E-state index contributed by atoms with van der Waals surface area (Å²) in [6, 6.07) is 2.57. The lowest BCUT2D eigenvalue weighted by Gasteiger charge is -2.16. The molecule has 1 fully saturated rings. The molecule has 0 aromatic heterocycles. The molecule has 0 radical (unpaired) electrons. The van der Waals surface area contributed by atoms with Crippen molar-refractivity contribution < 1.29 is 19.2 Å². The van der Waals surface area contributed by atoms with Crippen molar-refractivity contribution in [2.75, 3.05) is 11.9 Å². The second kappa shape index (κ2) is 7.25. The number of rotatable bonds is 5. The molecule has 0 aliphatic heterocycles. The Morgan fingerprint density at radius 1 is 1.24 bits per heavy atom. The maximum Gasteiger partial charge on any atom is 0.310 e. The summed E-state index contributed by atoms with van der Waals surface area (Å²) in [7, 11) is 0. The van der Waals surface area contributed by atoms with Gasteiger partial charge in [0.05, 0.1) is 16.5 Å². The van der Waals surface area contributed by atoms with Gasteiger partial charge >= 0.3 is 5.97 Å². The lowest BCUT2D eigenvalue weighted by molar-refractivity contribution is -0.385. The Labute approximate surface area is 160 Å². The molecule has 0 saturated heterocycles. The number of fused-ring (bicyclic) bond motifs is 2. The summed E-state index contributed by atoms with van der Waals surface area (Å²) < 4.78 is 5.84. The van der Waals surface area contributed by atoms with E-state index in [1.165, 1.54) is 12.1 Å². The number of carbonyl (C=O) groups is 2. The average molecular weight is 474 g/mol. The number of anilines is 1. The van der Waals surface area contributed by atoms with Crippen molar-refractivity contribution in [3.05, 3.63) is 43.3 Å². The van der Waals surface area contributed by atoms with Crippen molar-refractivity contribution in [3.8, 4) is 0 Å². The standard InChI is InChI=1S/C16H14Br2N2O5/c17-12-5-10(20(23)24)6-13(18)15(12)19-14(21)7-25-16(22)11-4-8-1-2-9(11)3-8/h1-2,5-6,8-9,11H,3-4,7H2,(H,19,21)/t8-,9-,11+/m0/s1. The highest BCUT2D eigenvalue weighted by atomic mass is 79.9. The molecule has 25 heavy (non-hydrogen) atoms. The van der Waals surface area contributed by atoms with Gasteiger partial charge in [-0.3, -0.25) is 19.7 Å². The van der Waals surface area contributed by atoms with E-state index in [-0.39, 0.29) is 23.5 Å². The number of allylic oxidation sites excluding steroid dienone is 2. The topological polar surface area (TPSA) is 98.5 Å². The van der Waals surface area contributed by atoms with Crippen molar-refractivity contribution in [3.63, 3.8) is 0 Å². The van der Waals surface area contributed by atoms with Gasteiger partial charge in [-0.15, -0.1) is 0 Å². The van der Waals surface area contributed by atoms with Gasteiger partial charge in [0.15, 0.2) is 6.61 Å². The molecule has 2 bridgehead atoms. The molecule has 0 spiro atoms. The lowest BCUT2D eigenvalue weighted by atomic mass is 9.94. The van der Waals surface area contributed by atoms with E-state index in [0.29, 0.717) is 20.6 Å². The van der Waals surface area contributed by atoms with Crippen molar-refractivity contribution in [2.24, 2.45) is 17.8 Å². The van der Waals surface area contributed by atoms with Crippen LogP contribution < -0.4 is 5.32 Å². The molecule has 9 heteroatoms. The van der Waals surface area contributed by atoms with Crippen LogP contribution in [-0.4, -0.2) is 23.4 Å². The van der Waals surface area contributed by atoms with Gasteiger partial charge in [-0.25, -0.2) is 0 Å². The third-order valence-electron chi connectivity index (χ3n) is 4.43. The number of halogens is 2. The molecule has 2 aliphatic rings. The molecule has 3 rings (SSSR count). The number of hydrogen-bond donors (Lipinski definition) is 1. The van der Waals surface area contributed by atoms with E-state index >= 15 is 0 Å². The predicted molar refractivity (Wildman–Crippen MR) is 96.9 cm³/mol. The number of hydrogen-bond acceptors (Lipinski definition) is 5. The molecule has 2 aliphatic carbocycles. The zero-order valence-corrected chi connectivity index (χ0v) is 16.1. The molecule has 0 unspecified atom stereocenters. The van der Waals surface area contributed by atoms with Crippen LogP contribution in [-0.2, 0) is 14.3 Å². The number of nitro groups is 1. The number of benzene rings is 1. The third kappa shape index (κ3) is 3.92. The van der Waals surface area contributed by atoms with E-state index in [9.17, 15) is 19.7 Å². The summed E-state index contributed by atoms with van der Waals surface area (Å²) in [5.41, 5.74) is 0.224. The summed E-state index contributed by atoms with van der Waals surface area (Å²) >= 11 is 6.37. The first-order chi connectivity index (χ1) is 11.8. The highest BCUT2D eigenvalue weighted by Crippen LogP contribution is 2.43. The molecule has 1 N–H and O–H groups in total. The van der Waals surface area contributed by atoms with Crippen LogP contribution in [0.3, 0.4) is 0 Å². The third-order valence-corrected chi connectivity index (χ3v) is 5.68. The van der Waals surface area contributed by atoms with Gasteiger partial charge in [-0.05, 0) is 56.5 Å². The molecule has 1 aromatic rings. The first kappa shape index (κ1) is 18.1. The number of nitro benzene ring substituents is 1. The van der Waals surface area contributed by atoms with E-state index in [1.54, 1.807) is 0 Å². The number of amides is 1. The smallest absolute Gasteiger partial charge is 0.310 e. The molecule has 1 aromatic carbocycles. The quantitative estimate of drug-likeness (QED) is 0.303. The number of non-ortho nitro benzene ring substituents is 1. The van der Waals surface area contributed by atoms with Crippen molar-refractivity contribution in [1.82, 2.24) is 0 Å². The van der Waals surface area contributed by atoms with Crippen LogP contribution >= 0.6 is 31.9 Å². The second-order valence-electron chi connectivity index (χ2n) is 6.08. The normalized spacial score (nSPS) is 23.5. The van der Waals surface area contributed by atoms with Crippen LogP contribution in [0.4, 0.5) is 11.4 Å². The summed E-state index contributed by atoms with van der Waals surface area (Å²) in [5.74, 6) is -0.362. The van der Waals surface area contributed by atoms with E-state index in [2.05, 4.69) is 43.3 Å². The fourth-order valence-corrected chi connectivity index (χ4v) is 4.62. The van der Waals surface area contributed by atoms with Gasteiger partial charge in [0.2, 0.25) is 0 Å².